The van der Waals surface area contributed by atoms with E-state index in [1.807, 2.05) is 48.5 Å². The lowest BCUT2D eigenvalue weighted by atomic mass is 9.76. The predicted molar refractivity (Wildman–Crippen MR) is 109 cm³/mol. The van der Waals surface area contributed by atoms with Crippen molar-refractivity contribution in [1.29, 1.82) is 0 Å². The summed E-state index contributed by atoms with van der Waals surface area (Å²) < 4.78 is 0. The average Bonchev–Trinajstić information content (AvgIpc) is 2.76. The Hall–Kier alpha value is -3.15. The van der Waals surface area contributed by atoms with E-state index in [9.17, 15) is 10.2 Å². The minimum Gasteiger partial charge on any atom is -0.392 e. The van der Waals surface area contributed by atoms with Crippen LogP contribution in [0.15, 0.2) is 77.9 Å². The van der Waals surface area contributed by atoms with Crippen molar-refractivity contribution >= 4 is 11.4 Å². The van der Waals surface area contributed by atoms with Crippen molar-refractivity contribution in [3.63, 3.8) is 0 Å². The van der Waals surface area contributed by atoms with Gasteiger partial charge < -0.3 is 15.5 Å². The maximum atomic E-state index is 10.4. The van der Waals surface area contributed by atoms with Gasteiger partial charge in [-0.2, -0.15) is 5.10 Å². The van der Waals surface area contributed by atoms with Crippen LogP contribution in [-0.4, -0.2) is 15.9 Å². The number of nitrogens with zero attached hydrogens (tertiary/aromatic N) is 1. The molecule has 28 heavy (non-hydrogen) atoms. The molecule has 3 aromatic carbocycles. The van der Waals surface area contributed by atoms with Gasteiger partial charge in [-0.25, -0.2) is 0 Å². The number of aliphatic hydroxyl groups excluding tert-OH is 2. The van der Waals surface area contributed by atoms with Crippen LogP contribution in [0.4, 0.5) is 5.69 Å². The van der Waals surface area contributed by atoms with Crippen molar-refractivity contribution in [1.82, 2.24) is 5.43 Å². The molecule has 0 saturated carbocycles. The van der Waals surface area contributed by atoms with E-state index in [1.54, 1.807) is 0 Å². The topological polar surface area (TPSA) is 76.9 Å². The predicted octanol–water partition coefficient (Wildman–Crippen LogP) is 3.43. The van der Waals surface area contributed by atoms with Crippen LogP contribution >= 0.6 is 0 Å². The van der Waals surface area contributed by atoms with E-state index in [2.05, 4.69) is 40.1 Å². The van der Waals surface area contributed by atoms with Crippen LogP contribution < -0.4 is 10.7 Å². The third kappa shape index (κ3) is 2.68. The molecule has 3 unspecified atom stereocenters. The summed E-state index contributed by atoms with van der Waals surface area (Å²) in [5, 5.41) is 28.0. The Bertz CT molecular complexity index is 1030. The zero-order valence-electron chi connectivity index (χ0n) is 15.2. The molecule has 5 rings (SSSR count). The molecule has 0 aromatic heterocycles. The van der Waals surface area contributed by atoms with Crippen molar-refractivity contribution in [3.8, 4) is 0 Å². The van der Waals surface area contributed by atoms with Crippen molar-refractivity contribution in [3.05, 3.63) is 101 Å². The number of nitrogens with one attached hydrogen (secondary N) is 2. The van der Waals surface area contributed by atoms with Crippen molar-refractivity contribution < 1.29 is 10.2 Å². The molecule has 2 heterocycles. The Morgan fingerprint density at radius 2 is 1.64 bits per heavy atom. The third-order valence-electron chi connectivity index (χ3n) is 5.57. The lowest BCUT2D eigenvalue weighted by Crippen LogP contribution is -2.38. The van der Waals surface area contributed by atoms with Gasteiger partial charge in [0.2, 0.25) is 0 Å². The molecule has 5 nitrogen and oxygen atoms in total. The number of rotatable bonds is 3. The molecule has 5 heteroatoms. The van der Waals surface area contributed by atoms with Crippen molar-refractivity contribution in [2.75, 3.05) is 5.32 Å². The Morgan fingerprint density at radius 1 is 0.857 bits per heavy atom. The van der Waals surface area contributed by atoms with Crippen molar-refractivity contribution in [2.24, 2.45) is 5.10 Å². The smallest absolute Gasteiger partial charge is 0.166 e. The summed E-state index contributed by atoms with van der Waals surface area (Å²) in [5.74, 6) is -0.0187. The van der Waals surface area contributed by atoms with Gasteiger partial charge in [-0.15, -0.1) is 0 Å². The van der Waals surface area contributed by atoms with E-state index in [1.165, 1.54) is 0 Å². The summed E-state index contributed by atoms with van der Waals surface area (Å²) >= 11 is 0. The highest BCUT2D eigenvalue weighted by Crippen LogP contribution is 2.45. The molecule has 0 saturated heterocycles. The number of anilines is 1. The molecule has 2 aliphatic heterocycles. The van der Waals surface area contributed by atoms with E-state index in [0.29, 0.717) is 0 Å². The molecule has 0 aliphatic carbocycles. The zero-order valence-corrected chi connectivity index (χ0v) is 15.2. The molecule has 0 bridgehead atoms. The van der Waals surface area contributed by atoms with Crippen LogP contribution in [0, 0.1) is 0 Å². The van der Waals surface area contributed by atoms with Crippen LogP contribution in [0.5, 0.6) is 0 Å². The number of hydrazone groups is 1. The second-order valence-electron chi connectivity index (χ2n) is 7.21. The summed E-state index contributed by atoms with van der Waals surface area (Å²) in [6.07, 6.45) is -0.808. The first-order chi connectivity index (χ1) is 13.8. The second kappa shape index (κ2) is 6.78. The summed E-state index contributed by atoms with van der Waals surface area (Å²) in [4.78, 5) is 0. The van der Waals surface area contributed by atoms with Crippen LogP contribution in [0.25, 0.3) is 0 Å². The molecule has 3 aromatic rings. The molecule has 0 radical (unpaired) electrons. The Labute approximate surface area is 163 Å². The van der Waals surface area contributed by atoms with E-state index in [4.69, 9.17) is 0 Å². The van der Waals surface area contributed by atoms with Gasteiger partial charge in [-0.3, -0.25) is 5.43 Å². The second-order valence-corrected chi connectivity index (χ2v) is 7.21. The minimum atomic E-state index is -0.808. The lowest BCUT2D eigenvalue weighted by Gasteiger charge is -2.39. The Kier molecular flexibility index (Phi) is 4.11. The fourth-order valence-corrected chi connectivity index (χ4v) is 4.21. The highest BCUT2D eigenvalue weighted by molar-refractivity contribution is 6.13. The SMILES string of the molecule is OCc1ccc(C2Nc3cccc4c3C(=NNC4O)C2c2ccccc2)cc1. The van der Waals surface area contributed by atoms with E-state index in [0.717, 1.165) is 39.2 Å². The fraction of sp³-hybridized carbons (Fsp3) is 0.174. The van der Waals surface area contributed by atoms with Gasteiger partial charge in [-0.05, 0) is 22.8 Å². The Morgan fingerprint density at radius 3 is 2.39 bits per heavy atom. The molecule has 4 N–H and O–H groups in total. The molecule has 0 amide bonds. The van der Waals surface area contributed by atoms with E-state index >= 15 is 0 Å². The summed E-state index contributed by atoms with van der Waals surface area (Å²) in [7, 11) is 0. The average molecular weight is 371 g/mol. The lowest BCUT2D eigenvalue weighted by molar-refractivity contribution is 0.138. The van der Waals surface area contributed by atoms with Crippen LogP contribution in [-0.2, 0) is 6.61 Å². The summed E-state index contributed by atoms with van der Waals surface area (Å²) in [6.45, 7) is 0.0290. The highest BCUT2D eigenvalue weighted by Gasteiger charge is 2.39. The molecule has 2 aliphatic rings. The van der Waals surface area contributed by atoms with Crippen molar-refractivity contribution in [2.45, 2.75) is 24.8 Å². The van der Waals surface area contributed by atoms with Crippen LogP contribution in [0.3, 0.4) is 0 Å². The van der Waals surface area contributed by atoms with E-state index < -0.39 is 6.23 Å². The van der Waals surface area contributed by atoms with Gasteiger partial charge in [0.1, 0.15) is 0 Å². The first kappa shape index (κ1) is 17.0. The van der Waals surface area contributed by atoms with Crippen LogP contribution in [0.1, 0.15) is 46.0 Å². The van der Waals surface area contributed by atoms with Gasteiger partial charge in [-0.1, -0.05) is 66.7 Å². The summed E-state index contributed by atoms with van der Waals surface area (Å²) in [5.41, 5.74) is 9.75. The largest absolute Gasteiger partial charge is 0.392 e. The maximum Gasteiger partial charge on any atom is 0.166 e. The molecule has 0 spiro atoms. The summed E-state index contributed by atoms with van der Waals surface area (Å²) in [6, 6.07) is 24.2. The zero-order chi connectivity index (χ0) is 19.1. The van der Waals surface area contributed by atoms with Gasteiger partial charge in [0.25, 0.3) is 0 Å². The molecule has 0 fully saturated rings. The van der Waals surface area contributed by atoms with Crippen LogP contribution in [0.2, 0.25) is 0 Å². The first-order valence-electron chi connectivity index (χ1n) is 9.42. The quantitative estimate of drug-likeness (QED) is 0.569. The number of hydrogen-bond acceptors (Lipinski definition) is 5. The highest BCUT2D eigenvalue weighted by atomic mass is 16.3. The first-order valence-corrected chi connectivity index (χ1v) is 9.42. The molecular formula is C23H21N3O2. The molecule has 3 atom stereocenters. The fourth-order valence-electron chi connectivity index (χ4n) is 4.21. The van der Waals surface area contributed by atoms with Gasteiger partial charge >= 0.3 is 0 Å². The number of hydrogen-bond donors (Lipinski definition) is 4. The van der Waals surface area contributed by atoms with Gasteiger partial charge in [0.15, 0.2) is 6.23 Å². The normalized spacial score (nSPS) is 22.5. The molecular weight excluding hydrogens is 350 g/mol. The molecule has 140 valence electrons. The van der Waals surface area contributed by atoms with E-state index in [-0.39, 0.29) is 18.6 Å². The number of benzene rings is 3. The monoisotopic (exact) mass is 371 g/mol. The minimum absolute atomic E-state index is 0.0187. The van der Waals surface area contributed by atoms with Gasteiger partial charge in [0.05, 0.1) is 24.3 Å². The Balaban J connectivity index is 1.69. The standard InChI is InChI=1S/C23H21N3O2/c27-13-14-9-11-16(12-10-14)21-19(15-5-2-1-3-6-15)22-20-17(23(28)26-25-22)7-4-8-18(20)24-21/h1-12,19,21,23-24,26-28H,13H2. The van der Waals surface area contributed by atoms with Gasteiger partial charge in [0, 0.05) is 16.8 Å². The third-order valence-corrected chi connectivity index (χ3v) is 5.57. The number of aliphatic hydroxyl groups is 2. The maximum absolute atomic E-state index is 10.4.